The molecule has 1 aliphatic heterocycles. The molecule has 5 rings (SSSR count). The molecule has 232 valence electrons. The third-order valence-electron chi connectivity index (χ3n) is 7.01. The smallest absolute Gasteiger partial charge is 0.387 e. The second kappa shape index (κ2) is 13.9. The molecule has 0 amide bonds. The Morgan fingerprint density at radius 1 is 1.11 bits per heavy atom. The van der Waals surface area contributed by atoms with Gasteiger partial charge in [-0.3, -0.25) is 0 Å². The zero-order valence-corrected chi connectivity index (χ0v) is 26.1. The van der Waals surface area contributed by atoms with E-state index in [4.69, 9.17) is 37.9 Å². The maximum Gasteiger partial charge on any atom is 0.387 e. The van der Waals surface area contributed by atoms with Crippen molar-refractivity contribution in [2.24, 2.45) is 5.92 Å². The molecule has 0 radical (unpaired) electrons. The van der Waals surface area contributed by atoms with E-state index >= 15 is 0 Å². The maximum atomic E-state index is 13.7. The van der Waals surface area contributed by atoms with Gasteiger partial charge in [-0.05, 0) is 60.7 Å². The van der Waals surface area contributed by atoms with Crippen LogP contribution in [0.5, 0.6) is 11.5 Å². The number of alkyl halides is 2. The first kappa shape index (κ1) is 32.2. The van der Waals surface area contributed by atoms with E-state index in [9.17, 15) is 22.0 Å². The number of ether oxygens (including phenoxy) is 3. The Bertz CT molecular complexity index is 1650. The Morgan fingerprint density at radius 2 is 1.82 bits per heavy atom. The van der Waals surface area contributed by atoms with Crippen molar-refractivity contribution in [2.75, 3.05) is 18.9 Å². The number of H-pyrrole nitrogens is 1. The lowest BCUT2D eigenvalue weighted by atomic mass is 10.0. The van der Waals surface area contributed by atoms with Crippen LogP contribution in [0.15, 0.2) is 59.8 Å². The molecule has 1 saturated heterocycles. The maximum absolute atomic E-state index is 13.7. The SMILES string of the molecule is N#Cc1ccc(S(=O)(=O)N2CCS[C@H]2C(=O)O[C@@H](Cc2c(Cl)c[nH+]cc2Cl)c2ccc(OC(F)F)c(OCC3CC3)c2)cc1. The Hall–Kier alpha value is -3.15. The minimum absolute atomic E-state index is 0.0189. The van der Waals surface area contributed by atoms with E-state index in [0.717, 1.165) is 28.9 Å². The Balaban J connectivity index is 1.45. The average Bonchev–Trinajstić information content (AvgIpc) is 3.69. The lowest BCUT2D eigenvalue weighted by molar-refractivity contribution is -0.377. The highest BCUT2D eigenvalue weighted by atomic mass is 35.5. The third-order valence-corrected chi connectivity index (χ3v) is 10.9. The van der Waals surface area contributed by atoms with Crippen molar-refractivity contribution in [3.05, 3.63) is 81.6 Å². The Labute approximate surface area is 267 Å². The van der Waals surface area contributed by atoms with E-state index in [1.807, 2.05) is 6.07 Å². The number of aromatic nitrogens is 1. The number of carbonyl (C=O) groups excluding carboxylic acids is 1. The number of nitrogens with one attached hydrogen (secondary N) is 1. The monoisotopic (exact) mass is 684 g/mol. The van der Waals surface area contributed by atoms with Crippen LogP contribution in [0.3, 0.4) is 0 Å². The average molecular weight is 686 g/mol. The largest absolute Gasteiger partial charge is 0.489 e. The van der Waals surface area contributed by atoms with E-state index in [2.05, 4.69) is 9.72 Å². The number of esters is 1. The summed E-state index contributed by atoms with van der Waals surface area (Å²) < 4.78 is 70.7. The fourth-order valence-electron chi connectivity index (χ4n) is 4.53. The lowest BCUT2D eigenvalue weighted by Crippen LogP contribution is -2.40. The number of sulfonamides is 1. The predicted molar refractivity (Wildman–Crippen MR) is 158 cm³/mol. The van der Waals surface area contributed by atoms with Gasteiger partial charge in [-0.1, -0.05) is 29.3 Å². The number of thioether (sulfide) groups is 1. The Morgan fingerprint density at radius 3 is 2.45 bits per heavy atom. The van der Waals surface area contributed by atoms with Crippen molar-refractivity contribution in [1.82, 2.24) is 4.31 Å². The molecule has 1 N–H and O–H groups in total. The number of nitriles is 1. The molecule has 2 atom stereocenters. The summed E-state index contributed by atoms with van der Waals surface area (Å²) in [6, 6.07) is 11.6. The van der Waals surface area contributed by atoms with Crippen molar-refractivity contribution in [2.45, 2.75) is 42.2 Å². The molecule has 0 spiro atoms. The number of aromatic amines is 1. The molecule has 2 heterocycles. The van der Waals surface area contributed by atoms with Gasteiger partial charge in [0, 0.05) is 24.3 Å². The Kier molecular flexibility index (Phi) is 10.2. The molecule has 1 aliphatic carbocycles. The van der Waals surface area contributed by atoms with Gasteiger partial charge in [-0.2, -0.15) is 18.3 Å². The zero-order chi connectivity index (χ0) is 31.4. The van der Waals surface area contributed by atoms with Crippen molar-refractivity contribution < 1.29 is 41.2 Å². The summed E-state index contributed by atoms with van der Waals surface area (Å²) in [6.07, 6.45) is 3.86. The van der Waals surface area contributed by atoms with Gasteiger partial charge >= 0.3 is 12.6 Å². The number of rotatable bonds is 12. The van der Waals surface area contributed by atoms with Gasteiger partial charge in [-0.15, -0.1) is 11.8 Å². The number of hydrogen-bond acceptors (Lipinski definition) is 8. The van der Waals surface area contributed by atoms with Crippen LogP contribution in [0.25, 0.3) is 0 Å². The van der Waals surface area contributed by atoms with Crippen LogP contribution in [-0.4, -0.2) is 49.6 Å². The fraction of sp³-hybridized carbons (Fsp3) is 0.345. The molecule has 1 aromatic heterocycles. The fourth-order valence-corrected chi connectivity index (χ4v) is 8.11. The molecule has 15 heteroatoms. The van der Waals surface area contributed by atoms with Gasteiger partial charge < -0.3 is 14.2 Å². The summed E-state index contributed by atoms with van der Waals surface area (Å²) in [6.45, 7) is -2.72. The summed E-state index contributed by atoms with van der Waals surface area (Å²) in [5, 5.41) is 8.38. The summed E-state index contributed by atoms with van der Waals surface area (Å²) in [4.78, 5) is 16.4. The number of carbonyl (C=O) groups is 1. The molecule has 2 aliphatic rings. The molecule has 2 fully saturated rings. The molecular weight excluding hydrogens is 659 g/mol. The number of nitrogens with zero attached hydrogens (tertiary/aromatic N) is 2. The summed E-state index contributed by atoms with van der Waals surface area (Å²) in [7, 11) is -4.12. The van der Waals surface area contributed by atoms with Crippen LogP contribution < -0.4 is 14.5 Å². The number of hydrogen-bond donors (Lipinski definition) is 0. The van der Waals surface area contributed by atoms with Gasteiger partial charge in [0.1, 0.15) is 16.1 Å². The van der Waals surface area contributed by atoms with Gasteiger partial charge in [0.05, 0.1) is 23.1 Å². The normalized spacial score (nSPS) is 17.7. The van der Waals surface area contributed by atoms with Crippen molar-refractivity contribution >= 4 is 51.0 Å². The first-order chi connectivity index (χ1) is 21.1. The molecule has 1 saturated carbocycles. The molecule has 3 aromatic rings. The van der Waals surface area contributed by atoms with Gasteiger partial charge in [0.2, 0.25) is 10.0 Å². The van der Waals surface area contributed by atoms with Crippen LogP contribution in [0.1, 0.15) is 35.6 Å². The second-order valence-corrected chi connectivity index (χ2v) is 14.0. The highest BCUT2D eigenvalue weighted by Gasteiger charge is 2.42. The minimum Gasteiger partial charge on any atom is -0.489 e. The van der Waals surface area contributed by atoms with E-state index in [-0.39, 0.29) is 39.4 Å². The van der Waals surface area contributed by atoms with E-state index < -0.39 is 34.1 Å². The molecule has 0 bridgehead atoms. The summed E-state index contributed by atoms with van der Waals surface area (Å²) in [5.41, 5.74) is 1.11. The molecule has 9 nitrogen and oxygen atoms in total. The van der Waals surface area contributed by atoms with Crippen LogP contribution in [0.4, 0.5) is 8.78 Å². The zero-order valence-electron chi connectivity index (χ0n) is 22.9. The number of pyridine rings is 1. The number of benzene rings is 2. The molecule has 0 unspecified atom stereocenters. The highest BCUT2D eigenvalue weighted by Crippen LogP contribution is 2.39. The van der Waals surface area contributed by atoms with Gasteiger partial charge in [-0.25, -0.2) is 18.2 Å². The van der Waals surface area contributed by atoms with Gasteiger partial charge in [0.25, 0.3) is 0 Å². The molecular formula is C29H26Cl2F2N3O6S2+. The van der Waals surface area contributed by atoms with E-state index in [1.54, 1.807) is 0 Å². The van der Waals surface area contributed by atoms with Crippen molar-refractivity contribution in [1.29, 1.82) is 5.26 Å². The molecule has 44 heavy (non-hydrogen) atoms. The summed E-state index contributed by atoms with van der Waals surface area (Å²) >= 11 is 13.9. The van der Waals surface area contributed by atoms with E-state index in [0.29, 0.717) is 35.0 Å². The first-order valence-corrected chi connectivity index (χ1v) is 16.7. The third kappa shape index (κ3) is 7.55. The minimum atomic E-state index is -4.12. The topological polar surface area (TPSA) is 120 Å². The second-order valence-electron chi connectivity index (χ2n) is 10.1. The van der Waals surface area contributed by atoms with Crippen molar-refractivity contribution in [3.8, 4) is 17.6 Å². The quantitative estimate of drug-likeness (QED) is 0.224. The van der Waals surface area contributed by atoms with Crippen LogP contribution in [0, 0.1) is 17.2 Å². The van der Waals surface area contributed by atoms with Gasteiger partial charge in [0.15, 0.2) is 29.3 Å². The van der Waals surface area contributed by atoms with Crippen molar-refractivity contribution in [3.63, 3.8) is 0 Å². The predicted octanol–water partition coefficient (Wildman–Crippen LogP) is 5.66. The highest BCUT2D eigenvalue weighted by molar-refractivity contribution is 8.02. The molecule has 2 aromatic carbocycles. The standard InChI is InChI=1S/C29H25Cl2F2N3O6S2/c30-22-14-35-15-23(31)21(22)12-25(19-5-8-24(42-29(32)33)26(11-19)40-16-18-1-2-18)41-28(37)27-36(9-10-43-27)44(38,39)20-6-3-17(13-34)4-7-20/h3-8,11,14-15,18,25,27,29H,1-2,9-10,12,16H2/p+1/t25-,27-/m0/s1. The van der Waals surface area contributed by atoms with Crippen LogP contribution in [0.2, 0.25) is 10.0 Å². The first-order valence-electron chi connectivity index (χ1n) is 13.5. The number of halogens is 4. The summed E-state index contributed by atoms with van der Waals surface area (Å²) in [5.74, 6) is -0.308. The van der Waals surface area contributed by atoms with Crippen LogP contribution >= 0.6 is 35.0 Å². The lowest BCUT2D eigenvalue weighted by Gasteiger charge is -2.26. The van der Waals surface area contributed by atoms with Crippen LogP contribution in [-0.2, 0) is 26.0 Å². The van der Waals surface area contributed by atoms with E-state index in [1.165, 1.54) is 54.9 Å².